The van der Waals surface area contributed by atoms with Crippen molar-refractivity contribution in [3.05, 3.63) is 59.7 Å². The van der Waals surface area contributed by atoms with Crippen molar-refractivity contribution in [1.82, 2.24) is 10.2 Å². The zero-order valence-corrected chi connectivity index (χ0v) is 14.2. The Morgan fingerprint density at radius 3 is 2.50 bits per heavy atom. The molecule has 1 aliphatic rings. The minimum absolute atomic E-state index is 0.401. The number of rotatable bonds is 4. The maximum absolute atomic E-state index is 13.0. The molecule has 0 aliphatic carbocycles. The highest BCUT2D eigenvalue weighted by Crippen LogP contribution is 2.36. The van der Waals surface area contributed by atoms with Gasteiger partial charge in [-0.3, -0.25) is 10.0 Å². The van der Waals surface area contributed by atoms with Gasteiger partial charge in [-0.2, -0.15) is 0 Å². The fraction of sp³-hybridized carbons (Fsp3) is 0.235. The van der Waals surface area contributed by atoms with Gasteiger partial charge in [0, 0.05) is 11.8 Å². The van der Waals surface area contributed by atoms with Crippen molar-refractivity contribution < 1.29 is 19.3 Å². The molecular weight excluding hydrogens is 327 g/mol. The summed E-state index contributed by atoms with van der Waals surface area (Å²) in [5.41, 5.74) is 3.78. The van der Waals surface area contributed by atoms with Gasteiger partial charge in [-0.15, -0.1) is 0 Å². The minimum Gasteiger partial charge on any atom is -0.497 e. The van der Waals surface area contributed by atoms with Crippen LogP contribution in [0, 0.1) is 0 Å². The zero-order chi connectivity index (χ0) is 17.1. The Morgan fingerprint density at radius 1 is 1.21 bits per heavy atom. The number of carbonyl (C=O) groups excluding carboxylic acids is 1. The third-order valence-corrected chi connectivity index (χ3v) is 6.08. The van der Waals surface area contributed by atoms with Crippen molar-refractivity contribution >= 4 is 19.2 Å². The van der Waals surface area contributed by atoms with Crippen molar-refractivity contribution in [2.75, 3.05) is 7.11 Å². The highest BCUT2D eigenvalue weighted by molar-refractivity contribution is 7.51. The summed E-state index contributed by atoms with van der Waals surface area (Å²) in [5, 5.41) is 9.69. The fourth-order valence-corrected chi connectivity index (χ4v) is 4.53. The fourth-order valence-electron chi connectivity index (χ4n) is 2.94. The number of amides is 1. The summed E-state index contributed by atoms with van der Waals surface area (Å²) in [6.45, 7) is 0.401. The molecule has 0 aromatic heterocycles. The molecule has 2 aromatic carbocycles. The van der Waals surface area contributed by atoms with E-state index >= 15 is 0 Å². The van der Waals surface area contributed by atoms with Gasteiger partial charge in [-0.1, -0.05) is 24.3 Å². The van der Waals surface area contributed by atoms with E-state index in [2.05, 4.69) is 0 Å². The number of hydrogen-bond donors (Lipinski definition) is 2. The van der Waals surface area contributed by atoms with E-state index < -0.39 is 19.9 Å². The van der Waals surface area contributed by atoms with E-state index in [0.29, 0.717) is 24.0 Å². The van der Waals surface area contributed by atoms with E-state index in [0.717, 1.165) is 11.1 Å². The lowest BCUT2D eigenvalue weighted by Gasteiger charge is -2.34. The van der Waals surface area contributed by atoms with Gasteiger partial charge in [0.05, 0.1) is 7.11 Å². The van der Waals surface area contributed by atoms with Crippen molar-refractivity contribution in [3.63, 3.8) is 0 Å². The smallest absolute Gasteiger partial charge is 0.261 e. The molecule has 7 heteroatoms. The quantitative estimate of drug-likeness (QED) is 0.501. The number of hydroxylamine groups is 1. The molecule has 0 radical (unpaired) electrons. The second-order valence-electron chi connectivity index (χ2n) is 5.63. The number of benzene rings is 2. The van der Waals surface area contributed by atoms with E-state index in [1.54, 1.807) is 41.5 Å². The standard InChI is InChI=1S/C17H19N2O4P/c1-23-14-6-8-15(9-7-14)24(22)19-11-13-5-3-2-4-12(13)10-16(19)17(20)18-21/h2-9,16,21,24H,10-11H2,1H3,(H,18,20). The number of nitrogens with one attached hydrogen (secondary N) is 1. The molecule has 0 saturated carbocycles. The molecule has 2 aromatic rings. The first kappa shape index (κ1) is 16.7. The van der Waals surface area contributed by atoms with Crippen molar-refractivity contribution in [2.45, 2.75) is 19.0 Å². The number of methoxy groups -OCH3 is 1. The number of fused-ring (bicyclic) bond motifs is 1. The summed E-state index contributed by atoms with van der Waals surface area (Å²) in [7, 11) is -0.810. The summed E-state index contributed by atoms with van der Waals surface area (Å²) in [4.78, 5) is 12.1. The van der Waals surface area contributed by atoms with Crippen LogP contribution in [0.2, 0.25) is 0 Å². The Morgan fingerprint density at radius 2 is 1.88 bits per heavy atom. The van der Waals surface area contributed by atoms with Crippen LogP contribution in [0.25, 0.3) is 0 Å². The second-order valence-corrected chi connectivity index (χ2v) is 7.39. The Bertz CT molecular complexity index is 763. The summed E-state index contributed by atoms with van der Waals surface area (Å²) in [5.74, 6) is 0.138. The molecule has 1 amide bonds. The molecule has 0 spiro atoms. The normalized spacial score (nSPS) is 18.5. The molecule has 6 nitrogen and oxygen atoms in total. The van der Waals surface area contributed by atoms with Gasteiger partial charge in [-0.25, -0.2) is 10.2 Å². The molecule has 3 rings (SSSR count). The van der Waals surface area contributed by atoms with E-state index in [-0.39, 0.29) is 0 Å². The van der Waals surface area contributed by atoms with Gasteiger partial charge < -0.3 is 9.30 Å². The summed E-state index contributed by atoms with van der Waals surface area (Å²) in [6, 6.07) is 14.1. The first-order valence-corrected chi connectivity index (χ1v) is 8.95. The minimum atomic E-state index is -2.38. The molecule has 1 heterocycles. The molecule has 0 bridgehead atoms. The molecule has 2 atom stereocenters. The lowest BCUT2D eigenvalue weighted by molar-refractivity contribution is -0.133. The predicted octanol–water partition coefficient (Wildman–Crippen LogP) is 1.73. The second kappa shape index (κ2) is 7.18. The average Bonchev–Trinajstić information content (AvgIpc) is 2.65. The summed E-state index contributed by atoms with van der Waals surface area (Å²) in [6.07, 6.45) is 0.412. The van der Waals surface area contributed by atoms with Crippen LogP contribution >= 0.6 is 7.95 Å². The van der Waals surface area contributed by atoms with Crippen LogP contribution in [0.15, 0.2) is 48.5 Å². The number of nitrogens with zero attached hydrogens (tertiary/aromatic N) is 1. The maximum atomic E-state index is 13.0. The molecule has 0 saturated heterocycles. The van der Waals surface area contributed by atoms with Gasteiger partial charge in [-0.05, 0) is 41.8 Å². The van der Waals surface area contributed by atoms with E-state index in [1.165, 1.54) is 0 Å². The van der Waals surface area contributed by atoms with Crippen LogP contribution in [0.4, 0.5) is 0 Å². The van der Waals surface area contributed by atoms with Crippen LogP contribution in [0.1, 0.15) is 11.1 Å². The van der Waals surface area contributed by atoms with Gasteiger partial charge in [0.1, 0.15) is 11.8 Å². The van der Waals surface area contributed by atoms with Crippen LogP contribution in [0.5, 0.6) is 5.75 Å². The van der Waals surface area contributed by atoms with Crippen molar-refractivity contribution in [2.24, 2.45) is 0 Å². The predicted molar refractivity (Wildman–Crippen MR) is 91.0 cm³/mol. The maximum Gasteiger partial charge on any atom is 0.261 e. The molecule has 24 heavy (non-hydrogen) atoms. The van der Waals surface area contributed by atoms with E-state index in [9.17, 15) is 9.36 Å². The summed E-state index contributed by atoms with van der Waals surface area (Å²) < 4.78 is 19.8. The topological polar surface area (TPSA) is 78.9 Å². The zero-order valence-electron chi connectivity index (χ0n) is 13.2. The Hall–Kier alpha value is -2.14. The third-order valence-electron chi connectivity index (χ3n) is 4.26. The SMILES string of the molecule is COc1ccc([PH](=O)N2Cc3ccccc3CC2C(=O)NO)cc1. The highest BCUT2D eigenvalue weighted by atomic mass is 31.1. The third kappa shape index (κ3) is 3.22. The summed E-state index contributed by atoms with van der Waals surface area (Å²) >= 11 is 0. The average molecular weight is 346 g/mol. The molecule has 1 aliphatic heterocycles. The molecule has 0 fully saturated rings. The van der Waals surface area contributed by atoms with E-state index in [1.807, 2.05) is 24.3 Å². The lowest BCUT2D eigenvalue weighted by Crippen LogP contribution is -2.47. The van der Waals surface area contributed by atoms with Gasteiger partial charge in [0.25, 0.3) is 5.91 Å². The lowest BCUT2D eigenvalue weighted by atomic mass is 9.95. The van der Waals surface area contributed by atoms with Crippen LogP contribution in [0.3, 0.4) is 0 Å². The molecule has 2 unspecified atom stereocenters. The monoisotopic (exact) mass is 346 g/mol. The largest absolute Gasteiger partial charge is 0.497 e. The van der Waals surface area contributed by atoms with Gasteiger partial charge >= 0.3 is 0 Å². The van der Waals surface area contributed by atoms with Crippen molar-refractivity contribution in [1.29, 1.82) is 0 Å². The molecule has 126 valence electrons. The number of ether oxygens (including phenoxy) is 1. The Kier molecular flexibility index (Phi) is 5.00. The van der Waals surface area contributed by atoms with Crippen molar-refractivity contribution in [3.8, 4) is 5.75 Å². The van der Waals surface area contributed by atoms with Crippen LogP contribution in [-0.4, -0.2) is 28.9 Å². The first-order valence-electron chi connectivity index (χ1n) is 7.60. The molecule has 2 N–H and O–H groups in total. The van der Waals surface area contributed by atoms with Crippen LogP contribution < -0.4 is 15.5 Å². The molecular formula is C17H19N2O4P. The van der Waals surface area contributed by atoms with Gasteiger partial charge in [0.2, 0.25) is 0 Å². The Labute approximate surface area is 140 Å². The Balaban J connectivity index is 1.93. The number of hydrogen-bond acceptors (Lipinski definition) is 4. The first-order chi connectivity index (χ1) is 11.6. The number of carbonyl (C=O) groups is 1. The van der Waals surface area contributed by atoms with E-state index in [4.69, 9.17) is 9.94 Å². The van der Waals surface area contributed by atoms with Gasteiger partial charge in [0.15, 0.2) is 7.95 Å². The van der Waals surface area contributed by atoms with Crippen LogP contribution in [-0.2, 0) is 22.3 Å². The highest BCUT2D eigenvalue weighted by Gasteiger charge is 2.34.